The molecule has 0 aromatic heterocycles. The first-order valence-electron chi connectivity index (χ1n) is 8.15. The first-order valence-corrected chi connectivity index (χ1v) is 8.52. The van der Waals surface area contributed by atoms with Crippen molar-refractivity contribution < 1.29 is 14.4 Å². The number of rotatable bonds is 6. The molecule has 26 heavy (non-hydrogen) atoms. The molecule has 1 aliphatic heterocycles. The number of benzene rings is 2. The van der Waals surface area contributed by atoms with Gasteiger partial charge in [-0.3, -0.25) is 24.2 Å². The lowest BCUT2D eigenvalue weighted by Crippen LogP contribution is -2.39. The summed E-state index contributed by atoms with van der Waals surface area (Å²) in [5.74, 6) is -0.758. The Morgan fingerprint density at radius 2 is 1.62 bits per heavy atom. The van der Waals surface area contributed by atoms with Gasteiger partial charge in [-0.15, -0.1) is 0 Å². The van der Waals surface area contributed by atoms with Gasteiger partial charge in [-0.1, -0.05) is 23.7 Å². The third kappa shape index (κ3) is 3.92. The highest BCUT2D eigenvalue weighted by molar-refractivity contribution is 6.30. The molecule has 7 heteroatoms. The minimum atomic E-state index is -0.287. The summed E-state index contributed by atoms with van der Waals surface area (Å²) in [6, 6.07) is 13.6. The van der Waals surface area contributed by atoms with Gasteiger partial charge in [0.25, 0.3) is 11.8 Å². The first kappa shape index (κ1) is 18.1. The summed E-state index contributed by atoms with van der Waals surface area (Å²) in [6.07, 6.45) is 0. The lowest BCUT2D eigenvalue weighted by Gasteiger charge is -2.20. The number of anilines is 1. The quantitative estimate of drug-likeness (QED) is 0.792. The maximum atomic E-state index is 12.3. The Balaban J connectivity index is 1.51. The number of fused-ring (bicyclic) bond motifs is 1. The molecule has 0 radical (unpaired) electrons. The molecule has 2 aromatic carbocycles. The number of hydrogen-bond acceptors (Lipinski definition) is 4. The summed E-state index contributed by atoms with van der Waals surface area (Å²) in [4.78, 5) is 39.7. The van der Waals surface area contributed by atoms with Crippen molar-refractivity contribution in [3.63, 3.8) is 0 Å². The van der Waals surface area contributed by atoms with E-state index in [1.807, 2.05) is 0 Å². The second-order valence-electron chi connectivity index (χ2n) is 6.10. The predicted molar refractivity (Wildman–Crippen MR) is 99.4 cm³/mol. The van der Waals surface area contributed by atoms with E-state index in [0.717, 1.165) is 0 Å². The molecule has 0 saturated heterocycles. The zero-order chi connectivity index (χ0) is 18.7. The van der Waals surface area contributed by atoms with Crippen LogP contribution in [0.5, 0.6) is 0 Å². The number of hydrogen-bond donors (Lipinski definition) is 1. The van der Waals surface area contributed by atoms with E-state index in [0.29, 0.717) is 28.4 Å². The summed E-state index contributed by atoms with van der Waals surface area (Å²) in [5.41, 5.74) is 1.52. The topological polar surface area (TPSA) is 69.7 Å². The van der Waals surface area contributed by atoms with E-state index < -0.39 is 0 Å². The molecule has 0 bridgehead atoms. The van der Waals surface area contributed by atoms with Gasteiger partial charge in [-0.05, 0) is 43.4 Å². The predicted octanol–water partition coefficient (Wildman–Crippen LogP) is 2.51. The molecule has 6 nitrogen and oxygen atoms in total. The normalized spacial score (nSPS) is 13.3. The Bertz CT molecular complexity index is 816. The fourth-order valence-electron chi connectivity index (χ4n) is 2.77. The molecule has 0 spiro atoms. The Kier molecular flexibility index (Phi) is 5.35. The van der Waals surface area contributed by atoms with E-state index in [9.17, 15) is 14.4 Å². The van der Waals surface area contributed by atoms with Gasteiger partial charge in [0, 0.05) is 23.8 Å². The summed E-state index contributed by atoms with van der Waals surface area (Å²) in [7, 11) is 1.76. The van der Waals surface area contributed by atoms with Crippen LogP contribution in [0.25, 0.3) is 0 Å². The zero-order valence-electron chi connectivity index (χ0n) is 14.2. The molecule has 0 aliphatic carbocycles. The number of amides is 3. The molecule has 2 aromatic rings. The zero-order valence-corrected chi connectivity index (χ0v) is 15.0. The average Bonchev–Trinajstić information content (AvgIpc) is 2.86. The van der Waals surface area contributed by atoms with Crippen LogP contribution in [-0.4, -0.2) is 54.2 Å². The van der Waals surface area contributed by atoms with Crippen LogP contribution in [-0.2, 0) is 4.79 Å². The molecule has 0 saturated carbocycles. The van der Waals surface area contributed by atoms with Gasteiger partial charge in [0.1, 0.15) is 0 Å². The molecule has 3 amide bonds. The molecule has 3 rings (SSSR count). The van der Waals surface area contributed by atoms with Crippen molar-refractivity contribution in [2.24, 2.45) is 0 Å². The molecule has 134 valence electrons. The molecule has 0 unspecified atom stereocenters. The SMILES string of the molecule is CN(CCN1C(=O)c2ccccc2C1=O)CC(=O)Nc1ccc(Cl)cc1. The van der Waals surface area contributed by atoms with Gasteiger partial charge in [0.2, 0.25) is 5.91 Å². The van der Waals surface area contributed by atoms with Crippen LogP contribution < -0.4 is 5.32 Å². The molecular formula is C19H18ClN3O3. The number of halogens is 1. The van der Waals surface area contributed by atoms with E-state index in [1.165, 1.54) is 4.90 Å². The molecule has 1 heterocycles. The fourth-order valence-corrected chi connectivity index (χ4v) is 2.90. The van der Waals surface area contributed by atoms with Crippen molar-refractivity contribution in [1.29, 1.82) is 0 Å². The van der Waals surface area contributed by atoms with Crippen LogP contribution >= 0.6 is 11.6 Å². The van der Waals surface area contributed by atoms with E-state index >= 15 is 0 Å². The lowest BCUT2D eigenvalue weighted by atomic mass is 10.1. The minimum Gasteiger partial charge on any atom is -0.325 e. The average molecular weight is 372 g/mol. The number of likely N-dealkylation sites (N-methyl/N-ethyl adjacent to an activating group) is 1. The maximum Gasteiger partial charge on any atom is 0.261 e. The van der Waals surface area contributed by atoms with E-state index in [4.69, 9.17) is 11.6 Å². The minimum absolute atomic E-state index is 0.145. The Morgan fingerprint density at radius 3 is 2.19 bits per heavy atom. The highest BCUT2D eigenvalue weighted by atomic mass is 35.5. The van der Waals surface area contributed by atoms with E-state index in [-0.39, 0.29) is 30.8 Å². The van der Waals surface area contributed by atoms with Crippen molar-refractivity contribution in [3.8, 4) is 0 Å². The maximum absolute atomic E-state index is 12.3. The smallest absolute Gasteiger partial charge is 0.261 e. The third-order valence-corrected chi connectivity index (χ3v) is 4.38. The standard InChI is InChI=1S/C19H18ClN3O3/c1-22(12-17(24)21-14-8-6-13(20)7-9-14)10-11-23-18(25)15-4-2-3-5-16(15)19(23)26/h2-9H,10-12H2,1H3,(H,21,24). The summed E-state index contributed by atoms with van der Waals surface area (Å²) in [6.45, 7) is 0.780. The fraction of sp³-hybridized carbons (Fsp3) is 0.211. The largest absolute Gasteiger partial charge is 0.325 e. The van der Waals surface area contributed by atoms with E-state index in [1.54, 1.807) is 60.5 Å². The highest BCUT2D eigenvalue weighted by Gasteiger charge is 2.34. The van der Waals surface area contributed by atoms with Crippen molar-refractivity contribution >= 4 is 35.0 Å². The van der Waals surface area contributed by atoms with Crippen molar-refractivity contribution in [3.05, 3.63) is 64.7 Å². The molecule has 0 fully saturated rings. The van der Waals surface area contributed by atoms with Crippen LogP contribution in [0.3, 0.4) is 0 Å². The first-order chi connectivity index (χ1) is 12.5. The van der Waals surface area contributed by atoms with Crippen LogP contribution in [0.15, 0.2) is 48.5 Å². The van der Waals surface area contributed by atoms with Gasteiger partial charge in [0.15, 0.2) is 0 Å². The summed E-state index contributed by atoms with van der Waals surface area (Å²) in [5, 5.41) is 3.37. The number of nitrogens with one attached hydrogen (secondary N) is 1. The van der Waals surface area contributed by atoms with Crippen LogP contribution in [0.4, 0.5) is 5.69 Å². The van der Waals surface area contributed by atoms with Gasteiger partial charge in [-0.2, -0.15) is 0 Å². The molecule has 1 N–H and O–H groups in total. The number of carbonyl (C=O) groups is 3. The second kappa shape index (κ2) is 7.68. The number of carbonyl (C=O) groups excluding carboxylic acids is 3. The van der Waals surface area contributed by atoms with Crippen LogP contribution in [0.1, 0.15) is 20.7 Å². The lowest BCUT2D eigenvalue weighted by molar-refractivity contribution is -0.117. The van der Waals surface area contributed by atoms with Gasteiger partial charge >= 0.3 is 0 Å². The van der Waals surface area contributed by atoms with Gasteiger partial charge < -0.3 is 5.32 Å². The van der Waals surface area contributed by atoms with Crippen molar-refractivity contribution in [2.45, 2.75) is 0 Å². The van der Waals surface area contributed by atoms with Crippen molar-refractivity contribution in [2.75, 3.05) is 32.0 Å². The van der Waals surface area contributed by atoms with Crippen molar-refractivity contribution in [1.82, 2.24) is 9.80 Å². The molecule has 1 aliphatic rings. The van der Waals surface area contributed by atoms with Crippen LogP contribution in [0, 0.1) is 0 Å². The monoisotopic (exact) mass is 371 g/mol. The highest BCUT2D eigenvalue weighted by Crippen LogP contribution is 2.22. The Labute approximate surface area is 156 Å². The van der Waals surface area contributed by atoms with Gasteiger partial charge in [-0.25, -0.2) is 0 Å². The second-order valence-corrected chi connectivity index (χ2v) is 6.54. The summed E-state index contributed by atoms with van der Waals surface area (Å²) >= 11 is 5.81. The molecule has 0 atom stereocenters. The Hall–Kier alpha value is -2.70. The summed E-state index contributed by atoms with van der Waals surface area (Å²) < 4.78 is 0. The number of imide groups is 1. The Morgan fingerprint density at radius 1 is 1.04 bits per heavy atom. The van der Waals surface area contributed by atoms with E-state index in [2.05, 4.69) is 5.32 Å². The third-order valence-electron chi connectivity index (χ3n) is 4.13. The number of nitrogens with zero attached hydrogens (tertiary/aromatic N) is 2. The van der Waals surface area contributed by atoms with Gasteiger partial charge in [0.05, 0.1) is 17.7 Å². The molecular weight excluding hydrogens is 354 g/mol. The van der Waals surface area contributed by atoms with Crippen LogP contribution in [0.2, 0.25) is 5.02 Å².